The summed E-state index contributed by atoms with van der Waals surface area (Å²) in [5, 5.41) is 0. The van der Waals surface area contributed by atoms with Gasteiger partial charge in [-0.05, 0) is 17.6 Å². The summed E-state index contributed by atoms with van der Waals surface area (Å²) in [4.78, 5) is 0. The first kappa shape index (κ1) is 17.6. The molecule has 4 heteroatoms. The van der Waals surface area contributed by atoms with Gasteiger partial charge < -0.3 is 9.05 Å². The molecule has 1 aromatic rings. The predicted octanol–water partition coefficient (Wildman–Crippen LogP) is 5.12. The van der Waals surface area contributed by atoms with E-state index in [-0.39, 0.29) is 13.2 Å². The van der Waals surface area contributed by atoms with Gasteiger partial charge in [-0.1, -0.05) is 68.6 Å². The van der Waals surface area contributed by atoms with Crippen LogP contribution in [0.5, 0.6) is 0 Å². The van der Waals surface area contributed by atoms with Crippen LogP contribution in [0, 0.1) is 0 Å². The van der Waals surface area contributed by atoms with Gasteiger partial charge in [0, 0.05) is 6.16 Å². The van der Waals surface area contributed by atoms with E-state index in [0.717, 1.165) is 17.6 Å². The molecule has 0 amide bonds. The first-order chi connectivity index (χ1) is 10.1. The largest absolute Gasteiger partial charge is 0.331 e. The summed E-state index contributed by atoms with van der Waals surface area (Å²) in [5.74, 6) is 0. The molecule has 21 heavy (non-hydrogen) atoms. The minimum atomic E-state index is -3.10. The van der Waals surface area contributed by atoms with Crippen LogP contribution in [0.3, 0.4) is 0 Å². The molecule has 0 saturated heterocycles. The fraction of sp³-hybridized carbons (Fsp3) is 0.294. The van der Waals surface area contributed by atoms with Crippen molar-refractivity contribution in [1.82, 2.24) is 0 Å². The van der Waals surface area contributed by atoms with Crippen LogP contribution in [0.1, 0.15) is 18.9 Å². The SMILES string of the molecule is C=C/C=C(\C=C)COP(=O)(CCC)OCc1ccccc1. The van der Waals surface area contributed by atoms with Gasteiger partial charge in [0.05, 0.1) is 13.2 Å². The van der Waals surface area contributed by atoms with E-state index in [4.69, 9.17) is 9.05 Å². The molecule has 114 valence electrons. The highest BCUT2D eigenvalue weighted by molar-refractivity contribution is 7.53. The van der Waals surface area contributed by atoms with E-state index < -0.39 is 7.60 Å². The third kappa shape index (κ3) is 6.72. The Balaban J connectivity index is 2.64. The third-order valence-corrected chi connectivity index (χ3v) is 4.83. The molecule has 0 N–H and O–H groups in total. The van der Waals surface area contributed by atoms with Crippen molar-refractivity contribution in [2.45, 2.75) is 20.0 Å². The molecule has 0 aromatic heterocycles. The van der Waals surface area contributed by atoms with Gasteiger partial charge in [0.2, 0.25) is 0 Å². The monoisotopic (exact) mass is 306 g/mol. The van der Waals surface area contributed by atoms with Crippen molar-refractivity contribution in [2.24, 2.45) is 0 Å². The summed E-state index contributed by atoms with van der Waals surface area (Å²) in [6, 6.07) is 9.65. The second kappa shape index (κ2) is 9.51. The lowest BCUT2D eigenvalue weighted by atomic mass is 10.2. The lowest BCUT2D eigenvalue weighted by Gasteiger charge is -2.18. The van der Waals surface area contributed by atoms with Gasteiger partial charge in [0.25, 0.3) is 0 Å². The summed E-state index contributed by atoms with van der Waals surface area (Å²) in [6.07, 6.45) is 6.23. The molecule has 1 aromatic carbocycles. The topological polar surface area (TPSA) is 35.5 Å². The van der Waals surface area contributed by atoms with Crippen LogP contribution in [0.4, 0.5) is 0 Å². The zero-order chi connectivity index (χ0) is 15.6. The Kier molecular flexibility index (Phi) is 7.99. The Morgan fingerprint density at radius 1 is 1.24 bits per heavy atom. The van der Waals surface area contributed by atoms with Gasteiger partial charge in [-0.2, -0.15) is 0 Å². The molecule has 3 nitrogen and oxygen atoms in total. The van der Waals surface area contributed by atoms with Gasteiger partial charge >= 0.3 is 7.60 Å². The van der Waals surface area contributed by atoms with Crippen molar-refractivity contribution >= 4 is 7.60 Å². The van der Waals surface area contributed by atoms with Crippen LogP contribution in [0.25, 0.3) is 0 Å². The number of benzene rings is 1. The Bertz CT molecular complexity index is 520. The van der Waals surface area contributed by atoms with Crippen LogP contribution in [-0.4, -0.2) is 12.8 Å². The van der Waals surface area contributed by atoms with Crippen molar-refractivity contribution in [3.8, 4) is 0 Å². The highest BCUT2D eigenvalue weighted by Gasteiger charge is 2.23. The molecule has 0 aliphatic rings. The van der Waals surface area contributed by atoms with Crippen molar-refractivity contribution in [3.63, 3.8) is 0 Å². The third-order valence-electron chi connectivity index (χ3n) is 2.79. The minimum Gasteiger partial charge on any atom is -0.304 e. The van der Waals surface area contributed by atoms with Crippen molar-refractivity contribution in [2.75, 3.05) is 12.8 Å². The van der Waals surface area contributed by atoms with E-state index in [1.807, 2.05) is 37.3 Å². The van der Waals surface area contributed by atoms with Crippen LogP contribution in [0.2, 0.25) is 0 Å². The highest BCUT2D eigenvalue weighted by atomic mass is 31.2. The Labute approximate surface area is 127 Å². The standard InChI is InChI=1S/C17H23O3P/c1-4-10-16(6-3)14-19-21(18,13-5-2)20-15-17-11-8-7-9-12-17/h4,6-12H,1,3,5,13-15H2,2H3/b16-10+. The van der Waals surface area contributed by atoms with Crippen molar-refractivity contribution in [3.05, 3.63) is 72.9 Å². The number of hydrogen-bond acceptors (Lipinski definition) is 3. The first-order valence-electron chi connectivity index (χ1n) is 6.99. The average molecular weight is 306 g/mol. The highest BCUT2D eigenvalue weighted by Crippen LogP contribution is 2.49. The van der Waals surface area contributed by atoms with Gasteiger partial charge in [0.1, 0.15) is 0 Å². The van der Waals surface area contributed by atoms with Crippen LogP contribution < -0.4 is 0 Å². The fourth-order valence-corrected chi connectivity index (χ4v) is 3.26. The summed E-state index contributed by atoms with van der Waals surface area (Å²) in [5.41, 5.74) is 1.80. The Morgan fingerprint density at radius 3 is 2.52 bits per heavy atom. The minimum absolute atomic E-state index is 0.210. The van der Waals surface area contributed by atoms with Crippen molar-refractivity contribution < 1.29 is 13.6 Å². The molecular formula is C17H23O3P. The smallest absolute Gasteiger partial charge is 0.304 e. The zero-order valence-corrected chi connectivity index (χ0v) is 13.4. The molecule has 0 spiro atoms. The number of hydrogen-bond donors (Lipinski definition) is 0. The van der Waals surface area contributed by atoms with E-state index in [0.29, 0.717) is 6.16 Å². The first-order valence-corrected chi connectivity index (χ1v) is 8.72. The van der Waals surface area contributed by atoms with Crippen LogP contribution in [0.15, 0.2) is 67.3 Å². The lowest BCUT2D eigenvalue weighted by molar-refractivity contribution is 0.209. The summed E-state index contributed by atoms with van der Waals surface area (Å²) < 4.78 is 23.8. The van der Waals surface area contributed by atoms with Gasteiger partial charge in [-0.3, -0.25) is 4.57 Å². The molecule has 0 fully saturated rings. The van der Waals surface area contributed by atoms with E-state index in [1.54, 1.807) is 18.2 Å². The second-order valence-electron chi connectivity index (χ2n) is 4.55. The molecule has 1 rings (SSSR count). The molecule has 0 aliphatic heterocycles. The molecule has 1 unspecified atom stereocenters. The van der Waals surface area contributed by atoms with Crippen LogP contribution >= 0.6 is 7.60 Å². The van der Waals surface area contributed by atoms with Gasteiger partial charge in [-0.25, -0.2) is 0 Å². The van der Waals surface area contributed by atoms with Crippen molar-refractivity contribution in [1.29, 1.82) is 0 Å². The summed E-state index contributed by atoms with van der Waals surface area (Å²) in [6.45, 7) is 9.77. The normalized spacial score (nSPS) is 14.4. The zero-order valence-electron chi connectivity index (χ0n) is 12.5. The number of rotatable bonds is 10. The van der Waals surface area contributed by atoms with E-state index in [1.165, 1.54) is 0 Å². The molecular weight excluding hydrogens is 283 g/mol. The number of allylic oxidation sites excluding steroid dienone is 2. The molecule has 0 saturated carbocycles. The molecule has 0 aliphatic carbocycles. The van der Waals surface area contributed by atoms with E-state index >= 15 is 0 Å². The summed E-state index contributed by atoms with van der Waals surface area (Å²) >= 11 is 0. The maximum absolute atomic E-state index is 12.7. The molecule has 1 atom stereocenters. The van der Waals surface area contributed by atoms with Gasteiger partial charge in [0.15, 0.2) is 0 Å². The lowest BCUT2D eigenvalue weighted by Crippen LogP contribution is -2.02. The molecule has 0 radical (unpaired) electrons. The van der Waals surface area contributed by atoms with Crippen LogP contribution in [-0.2, 0) is 20.2 Å². The second-order valence-corrected chi connectivity index (χ2v) is 6.73. The molecule has 0 bridgehead atoms. The fourth-order valence-electron chi connectivity index (χ4n) is 1.69. The Morgan fingerprint density at radius 2 is 1.95 bits per heavy atom. The Hall–Kier alpha value is -1.41. The summed E-state index contributed by atoms with van der Waals surface area (Å²) in [7, 11) is -3.10. The van der Waals surface area contributed by atoms with Gasteiger partial charge in [-0.15, -0.1) is 0 Å². The predicted molar refractivity (Wildman–Crippen MR) is 88.4 cm³/mol. The molecule has 0 heterocycles. The quantitative estimate of drug-likeness (QED) is 0.444. The van der Waals surface area contributed by atoms with E-state index in [2.05, 4.69) is 13.2 Å². The van der Waals surface area contributed by atoms with E-state index in [9.17, 15) is 4.57 Å². The average Bonchev–Trinajstić information content (AvgIpc) is 2.51. The maximum Gasteiger partial charge on any atom is 0.331 e. The maximum atomic E-state index is 12.7.